The zero-order valence-electron chi connectivity index (χ0n) is 16.9. The van der Waals surface area contributed by atoms with Crippen LogP contribution in [0.3, 0.4) is 0 Å². The fourth-order valence-corrected chi connectivity index (χ4v) is 3.24. The second-order valence-electron chi connectivity index (χ2n) is 7.35. The molecule has 2 saturated heterocycles. The number of amides is 2. The van der Waals surface area contributed by atoms with Gasteiger partial charge < -0.3 is 29.8 Å². The van der Waals surface area contributed by atoms with Crippen LogP contribution in [0.1, 0.15) is 20.3 Å². The van der Waals surface area contributed by atoms with Crippen molar-refractivity contribution in [3.8, 4) is 0 Å². The normalized spacial score (nSPS) is 21.9. The Morgan fingerprint density at radius 3 is 2.31 bits per heavy atom. The van der Waals surface area contributed by atoms with Gasteiger partial charge in [-0.3, -0.25) is 9.59 Å². The Hall–Kier alpha value is -1.75. The zero-order chi connectivity index (χ0) is 20.3. The number of anilines is 1. The first-order valence-electron chi connectivity index (χ1n) is 9.34. The van der Waals surface area contributed by atoms with Gasteiger partial charge in [-0.15, -0.1) is 0 Å². The number of nitrogens with one attached hydrogen (secondary N) is 1. The van der Waals surface area contributed by atoms with Crippen molar-refractivity contribution in [2.75, 3.05) is 31.1 Å². The van der Waals surface area contributed by atoms with Gasteiger partial charge in [0.25, 0.3) is 5.91 Å². The molecule has 1 aromatic heterocycles. The van der Waals surface area contributed by atoms with E-state index in [1.165, 1.54) is 0 Å². The van der Waals surface area contributed by atoms with Crippen molar-refractivity contribution in [1.29, 1.82) is 0 Å². The van der Waals surface area contributed by atoms with Crippen molar-refractivity contribution in [2.45, 2.75) is 38.5 Å². The van der Waals surface area contributed by atoms with E-state index in [0.717, 1.165) is 0 Å². The van der Waals surface area contributed by atoms with Crippen LogP contribution in [0.25, 0.3) is 0 Å². The van der Waals surface area contributed by atoms with Crippen LogP contribution in [0, 0.1) is 5.92 Å². The molecule has 0 aromatic carbocycles. The van der Waals surface area contributed by atoms with Gasteiger partial charge in [0.1, 0.15) is 12.1 Å². The number of carbonyl (C=O) groups is 3. The number of rotatable bonds is 7. The van der Waals surface area contributed by atoms with Gasteiger partial charge in [0, 0.05) is 38.6 Å². The van der Waals surface area contributed by atoms with Crippen molar-refractivity contribution in [3.63, 3.8) is 0 Å². The van der Waals surface area contributed by atoms with Gasteiger partial charge >= 0.3 is 29.6 Å². The minimum Gasteiger partial charge on any atom is -0.547 e. The summed E-state index contributed by atoms with van der Waals surface area (Å²) in [6.07, 6.45) is 1.49. The second-order valence-corrected chi connectivity index (χ2v) is 7.35. The largest absolute Gasteiger partial charge is 1.00 e. The number of hydrogen-bond acceptors (Lipinski definition) is 8. The summed E-state index contributed by atoms with van der Waals surface area (Å²) < 4.78 is 4.81. The average molecular weight is 413 g/mol. The van der Waals surface area contributed by atoms with E-state index in [4.69, 9.17) is 4.74 Å². The topological polar surface area (TPSA) is 131 Å². The van der Waals surface area contributed by atoms with Crippen molar-refractivity contribution in [1.82, 2.24) is 20.2 Å². The van der Waals surface area contributed by atoms with E-state index >= 15 is 0 Å². The summed E-state index contributed by atoms with van der Waals surface area (Å²) in [5, 5.41) is 13.4. The number of carbonyl (C=O) groups excluding carboxylic acids is 3. The molecular formula is C18H24N5NaO5. The first-order chi connectivity index (χ1) is 13.4. The summed E-state index contributed by atoms with van der Waals surface area (Å²) in [5.74, 6) is -1.40. The summed E-state index contributed by atoms with van der Waals surface area (Å²) in [5.41, 5.74) is 0. The molecule has 11 heteroatoms. The first-order valence-corrected chi connectivity index (χ1v) is 9.34. The Kier molecular flexibility index (Phi) is 8.38. The average Bonchev–Trinajstić information content (AvgIpc) is 3.49. The van der Waals surface area contributed by atoms with Crippen LogP contribution in [-0.2, 0) is 19.1 Å². The summed E-state index contributed by atoms with van der Waals surface area (Å²) in [4.78, 5) is 48.1. The molecular weight excluding hydrogens is 389 g/mol. The van der Waals surface area contributed by atoms with Crippen LogP contribution in [0.4, 0.5) is 5.95 Å². The molecule has 3 rings (SSSR count). The molecule has 2 aliphatic rings. The predicted octanol–water partition coefficient (Wildman–Crippen LogP) is -4.82. The summed E-state index contributed by atoms with van der Waals surface area (Å²) in [6.45, 7) is 6.07. The van der Waals surface area contributed by atoms with Gasteiger partial charge in [-0.2, -0.15) is 0 Å². The Morgan fingerprint density at radius 2 is 1.79 bits per heavy atom. The van der Waals surface area contributed by atoms with E-state index in [0.29, 0.717) is 38.5 Å². The maximum Gasteiger partial charge on any atom is 1.00 e. The quantitative estimate of drug-likeness (QED) is 0.348. The molecule has 1 aromatic rings. The fourth-order valence-electron chi connectivity index (χ4n) is 3.24. The van der Waals surface area contributed by atoms with E-state index < -0.39 is 30.1 Å². The van der Waals surface area contributed by atoms with Gasteiger partial charge in [-0.25, -0.2) is 9.97 Å². The number of hydrogen-bond donors (Lipinski definition) is 1. The third-order valence-electron chi connectivity index (χ3n) is 4.73. The van der Waals surface area contributed by atoms with Crippen LogP contribution in [0.15, 0.2) is 18.5 Å². The number of aromatic nitrogens is 2. The number of carboxylic acids is 1. The van der Waals surface area contributed by atoms with Gasteiger partial charge in [-0.05, 0) is 18.4 Å². The molecule has 10 nitrogen and oxygen atoms in total. The monoisotopic (exact) mass is 413 g/mol. The molecule has 2 aliphatic heterocycles. The number of aliphatic carboxylic acids is 1. The Bertz CT molecular complexity index is 727. The smallest absolute Gasteiger partial charge is 0.547 e. The molecule has 2 fully saturated rings. The molecule has 0 bridgehead atoms. The molecule has 3 atom stereocenters. The molecule has 29 heavy (non-hydrogen) atoms. The molecule has 0 radical (unpaired) electrons. The van der Waals surface area contributed by atoms with Crippen molar-refractivity contribution in [2.24, 2.45) is 5.92 Å². The number of epoxide rings is 1. The molecule has 0 aliphatic carbocycles. The molecule has 1 N–H and O–H groups in total. The van der Waals surface area contributed by atoms with Crippen molar-refractivity contribution < 1.29 is 53.8 Å². The maximum atomic E-state index is 13.0. The van der Waals surface area contributed by atoms with E-state index in [1.807, 2.05) is 18.7 Å². The molecule has 0 spiro atoms. The van der Waals surface area contributed by atoms with E-state index in [2.05, 4.69) is 15.3 Å². The number of ether oxygens (including phenoxy) is 1. The first kappa shape index (κ1) is 23.5. The van der Waals surface area contributed by atoms with Gasteiger partial charge in [0.2, 0.25) is 11.9 Å². The standard InChI is InChI=1S/C18H25N5O5.Na/c1-11(2)10-12(21-15(24)13-14(28-13)17(26)27)16(25)22-6-8-23(9-7-22)18-19-4-3-5-20-18;/h3-5,11-14H,6-10H2,1-2H3,(H,21,24)(H,26,27);/q;+1/p-1/t12?,13-,14-;/m1./s1. The molecule has 2 amide bonds. The number of carboxylic acid groups (broad SMARTS) is 1. The van der Waals surface area contributed by atoms with E-state index in [-0.39, 0.29) is 41.4 Å². The molecule has 3 heterocycles. The van der Waals surface area contributed by atoms with Gasteiger partial charge in [0.15, 0.2) is 6.10 Å². The van der Waals surface area contributed by atoms with Crippen LogP contribution < -0.4 is 44.9 Å². The van der Waals surface area contributed by atoms with Gasteiger partial charge in [-0.1, -0.05) is 13.8 Å². The molecule has 152 valence electrons. The SMILES string of the molecule is CC(C)CC(NC(=O)[C@@H]1O[C@H]1C(=O)[O-])C(=O)N1CCN(c2ncccn2)CC1.[Na+]. The second kappa shape index (κ2) is 10.3. The van der Waals surface area contributed by atoms with Gasteiger partial charge in [0.05, 0.1) is 5.97 Å². The Balaban J connectivity index is 0.00000300. The molecule has 1 unspecified atom stereocenters. The van der Waals surface area contributed by atoms with E-state index in [9.17, 15) is 19.5 Å². The third-order valence-corrected chi connectivity index (χ3v) is 4.73. The minimum atomic E-state index is -1.42. The number of piperazine rings is 1. The summed E-state index contributed by atoms with van der Waals surface area (Å²) in [7, 11) is 0. The molecule has 0 saturated carbocycles. The third kappa shape index (κ3) is 6.11. The summed E-state index contributed by atoms with van der Waals surface area (Å²) in [6, 6.07) is 1.02. The summed E-state index contributed by atoms with van der Waals surface area (Å²) >= 11 is 0. The zero-order valence-corrected chi connectivity index (χ0v) is 18.9. The number of nitrogens with zero attached hydrogens (tertiary/aromatic N) is 4. The van der Waals surface area contributed by atoms with Crippen LogP contribution >= 0.6 is 0 Å². The van der Waals surface area contributed by atoms with Crippen LogP contribution in [-0.4, -0.2) is 77.1 Å². The Labute approximate surface area is 191 Å². The van der Waals surface area contributed by atoms with E-state index in [1.54, 1.807) is 23.4 Å². The van der Waals surface area contributed by atoms with Crippen LogP contribution in [0.5, 0.6) is 0 Å². The Morgan fingerprint density at radius 1 is 1.17 bits per heavy atom. The maximum absolute atomic E-state index is 13.0. The minimum absolute atomic E-state index is 0. The van der Waals surface area contributed by atoms with Crippen molar-refractivity contribution in [3.05, 3.63) is 18.5 Å². The van der Waals surface area contributed by atoms with Crippen molar-refractivity contribution >= 4 is 23.7 Å². The fraction of sp³-hybridized carbons (Fsp3) is 0.611. The predicted molar refractivity (Wildman–Crippen MR) is 95.9 cm³/mol. The van der Waals surface area contributed by atoms with Crippen LogP contribution in [0.2, 0.25) is 0 Å².